The van der Waals surface area contributed by atoms with Gasteiger partial charge in [-0.05, 0) is 54.8 Å². The Bertz CT molecular complexity index is 297. The minimum Gasteiger partial charge on any atom is -0.361 e. The number of rotatable bonds is 5. The highest BCUT2D eigenvalue weighted by Crippen LogP contribution is 2.19. The van der Waals surface area contributed by atoms with Crippen LogP contribution in [0.25, 0.3) is 0 Å². The van der Waals surface area contributed by atoms with Crippen molar-refractivity contribution in [3.05, 3.63) is 9.98 Å². The van der Waals surface area contributed by atoms with Gasteiger partial charge in [-0.1, -0.05) is 0 Å². The third-order valence-corrected chi connectivity index (χ3v) is 4.11. The molecule has 0 bridgehead atoms. The van der Waals surface area contributed by atoms with E-state index in [1.807, 2.05) is 5.38 Å². The number of hydrogen-bond acceptors (Lipinski definition) is 4. The van der Waals surface area contributed by atoms with Crippen LogP contribution in [0.1, 0.15) is 19.3 Å². The summed E-state index contributed by atoms with van der Waals surface area (Å²) in [4.78, 5) is 6.83. The Labute approximate surface area is 103 Å². The molecule has 0 aromatic carbocycles. The fraction of sp³-hybridized carbons (Fsp3) is 0.700. The minimum atomic E-state index is 0.926. The van der Waals surface area contributed by atoms with Gasteiger partial charge in [0, 0.05) is 11.9 Å². The zero-order valence-corrected chi connectivity index (χ0v) is 11.1. The average Bonchev–Trinajstić information content (AvgIpc) is 2.84. The van der Waals surface area contributed by atoms with Crippen molar-refractivity contribution in [3.8, 4) is 0 Å². The molecule has 15 heavy (non-hydrogen) atoms. The number of anilines is 1. The minimum absolute atomic E-state index is 0.926. The summed E-state index contributed by atoms with van der Waals surface area (Å²) in [5, 5.41) is 6.36. The molecule has 5 heteroatoms. The molecule has 0 spiro atoms. The molecule has 0 atom stereocenters. The number of aromatic nitrogens is 1. The molecule has 2 heterocycles. The van der Waals surface area contributed by atoms with Crippen LogP contribution in [-0.2, 0) is 0 Å². The molecular formula is C10H16BrN3S. The number of nitrogens with one attached hydrogen (secondary N) is 1. The topological polar surface area (TPSA) is 28.2 Å². The zero-order valence-electron chi connectivity index (χ0n) is 8.71. The van der Waals surface area contributed by atoms with Crippen LogP contribution in [0.15, 0.2) is 9.98 Å². The normalized spacial score (nSPS) is 17.1. The van der Waals surface area contributed by atoms with Gasteiger partial charge in [-0.2, -0.15) is 0 Å². The Morgan fingerprint density at radius 1 is 1.47 bits per heavy atom. The Morgan fingerprint density at radius 2 is 2.27 bits per heavy atom. The van der Waals surface area contributed by atoms with Crippen LogP contribution < -0.4 is 5.32 Å². The molecule has 1 aromatic rings. The van der Waals surface area contributed by atoms with Gasteiger partial charge in [0.25, 0.3) is 0 Å². The highest BCUT2D eigenvalue weighted by molar-refractivity contribution is 9.10. The van der Waals surface area contributed by atoms with Crippen molar-refractivity contribution >= 4 is 32.4 Å². The Balaban J connectivity index is 1.58. The number of likely N-dealkylation sites (tertiary alicyclic amines) is 1. The van der Waals surface area contributed by atoms with E-state index in [2.05, 4.69) is 31.1 Å². The van der Waals surface area contributed by atoms with Gasteiger partial charge in [0.05, 0.1) is 0 Å². The third-order valence-electron chi connectivity index (χ3n) is 2.60. The molecule has 1 aliphatic rings. The molecule has 0 aliphatic carbocycles. The Kier molecular flexibility index (Phi) is 4.41. The fourth-order valence-corrected chi connectivity index (χ4v) is 3.01. The lowest BCUT2D eigenvalue weighted by Crippen LogP contribution is -2.22. The monoisotopic (exact) mass is 289 g/mol. The summed E-state index contributed by atoms with van der Waals surface area (Å²) in [6.45, 7) is 4.83. The van der Waals surface area contributed by atoms with Crippen LogP contribution in [0.2, 0.25) is 0 Å². The molecule has 0 radical (unpaired) electrons. The van der Waals surface area contributed by atoms with Crippen molar-refractivity contribution in [1.29, 1.82) is 0 Å². The standard InChI is InChI=1S/C10H16BrN3S/c11-9-8-15-10(13-9)12-4-3-7-14-5-1-2-6-14/h8H,1-7H2,(H,12,13). The lowest BCUT2D eigenvalue weighted by atomic mass is 10.4. The third kappa shape index (κ3) is 3.74. The van der Waals surface area contributed by atoms with E-state index >= 15 is 0 Å². The van der Waals surface area contributed by atoms with Crippen LogP contribution in [0, 0.1) is 0 Å². The number of thiazole rings is 1. The van der Waals surface area contributed by atoms with Gasteiger partial charge < -0.3 is 10.2 Å². The molecule has 1 aliphatic heterocycles. The molecule has 1 aromatic heterocycles. The van der Waals surface area contributed by atoms with Crippen molar-refractivity contribution in [1.82, 2.24) is 9.88 Å². The van der Waals surface area contributed by atoms with Crippen LogP contribution in [0.5, 0.6) is 0 Å². The molecule has 0 amide bonds. The maximum Gasteiger partial charge on any atom is 0.183 e. The van der Waals surface area contributed by atoms with Crippen LogP contribution in [-0.4, -0.2) is 36.1 Å². The van der Waals surface area contributed by atoms with E-state index in [0.717, 1.165) is 16.3 Å². The van der Waals surface area contributed by atoms with Crippen LogP contribution in [0.4, 0.5) is 5.13 Å². The molecular weight excluding hydrogens is 274 g/mol. The number of hydrogen-bond donors (Lipinski definition) is 1. The Morgan fingerprint density at radius 3 is 2.93 bits per heavy atom. The fourth-order valence-electron chi connectivity index (χ4n) is 1.84. The largest absolute Gasteiger partial charge is 0.361 e. The highest BCUT2D eigenvalue weighted by atomic mass is 79.9. The molecule has 3 nitrogen and oxygen atoms in total. The lowest BCUT2D eigenvalue weighted by molar-refractivity contribution is 0.337. The summed E-state index contributed by atoms with van der Waals surface area (Å²) < 4.78 is 0.926. The van der Waals surface area contributed by atoms with Gasteiger partial charge in [-0.15, -0.1) is 11.3 Å². The van der Waals surface area contributed by atoms with Crippen molar-refractivity contribution in [2.45, 2.75) is 19.3 Å². The van der Waals surface area contributed by atoms with E-state index in [-0.39, 0.29) is 0 Å². The van der Waals surface area contributed by atoms with Crippen molar-refractivity contribution in [2.24, 2.45) is 0 Å². The van der Waals surface area contributed by atoms with Crippen molar-refractivity contribution in [2.75, 3.05) is 31.5 Å². The maximum atomic E-state index is 4.29. The van der Waals surface area contributed by atoms with E-state index in [9.17, 15) is 0 Å². The summed E-state index contributed by atoms with van der Waals surface area (Å²) in [5.41, 5.74) is 0. The second-order valence-electron chi connectivity index (χ2n) is 3.80. The maximum absolute atomic E-state index is 4.29. The first kappa shape index (κ1) is 11.4. The predicted octanol–water partition coefficient (Wildman–Crippen LogP) is 2.80. The molecule has 1 fully saturated rings. The van der Waals surface area contributed by atoms with E-state index in [1.54, 1.807) is 11.3 Å². The first-order valence-electron chi connectivity index (χ1n) is 5.42. The average molecular weight is 290 g/mol. The summed E-state index contributed by atoms with van der Waals surface area (Å²) in [5.74, 6) is 0. The SMILES string of the molecule is Brc1csc(NCCCN2CCCC2)n1. The van der Waals surface area contributed by atoms with Gasteiger partial charge in [0.1, 0.15) is 4.60 Å². The Hall–Kier alpha value is -0.130. The van der Waals surface area contributed by atoms with Gasteiger partial charge in [0.15, 0.2) is 5.13 Å². The second kappa shape index (κ2) is 5.82. The summed E-state index contributed by atoms with van der Waals surface area (Å²) in [6.07, 6.45) is 3.97. The van der Waals surface area contributed by atoms with E-state index < -0.39 is 0 Å². The van der Waals surface area contributed by atoms with E-state index in [0.29, 0.717) is 0 Å². The van der Waals surface area contributed by atoms with Crippen LogP contribution in [0.3, 0.4) is 0 Å². The molecule has 0 unspecified atom stereocenters. The van der Waals surface area contributed by atoms with E-state index in [1.165, 1.54) is 38.9 Å². The van der Waals surface area contributed by atoms with Crippen molar-refractivity contribution < 1.29 is 0 Å². The zero-order chi connectivity index (χ0) is 10.5. The summed E-state index contributed by atoms with van der Waals surface area (Å²) in [6, 6.07) is 0. The van der Waals surface area contributed by atoms with Gasteiger partial charge in [-0.3, -0.25) is 0 Å². The quantitative estimate of drug-likeness (QED) is 0.845. The first-order chi connectivity index (χ1) is 7.34. The smallest absolute Gasteiger partial charge is 0.183 e. The molecule has 1 saturated heterocycles. The molecule has 1 N–H and O–H groups in total. The molecule has 84 valence electrons. The summed E-state index contributed by atoms with van der Waals surface area (Å²) >= 11 is 5.00. The van der Waals surface area contributed by atoms with Crippen molar-refractivity contribution in [3.63, 3.8) is 0 Å². The number of nitrogens with zero attached hydrogens (tertiary/aromatic N) is 2. The number of halogens is 1. The second-order valence-corrected chi connectivity index (χ2v) is 5.48. The van der Waals surface area contributed by atoms with E-state index in [4.69, 9.17) is 0 Å². The van der Waals surface area contributed by atoms with Crippen LogP contribution >= 0.6 is 27.3 Å². The predicted molar refractivity (Wildman–Crippen MR) is 68.6 cm³/mol. The molecule has 2 rings (SSSR count). The van der Waals surface area contributed by atoms with Gasteiger partial charge in [-0.25, -0.2) is 4.98 Å². The van der Waals surface area contributed by atoms with Gasteiger partial charge >= 0.3 is 0 Å². The lowest BCUT2D eigenvalue weighted by Gasteiger charge is -2.13. The first-order valence-corrected chi connectivity index (χ1v) is 7.09. The highest BCUT2D eigenvalue weighted by Gasteiger charge is 2.10. The molecule has 0 saturated carbocycles. The van der Waals surface area contributed by atoms with Gasteiger partial charge in [0.2, 0.25) is 0 Å². The summed E-state index contributed by atoms with van der Waals surface area (Å²) in [7, 11) is 0.